The predicted molar refractivity (Wildman–Crippen MR) is 94.4 cm³/mol. The van der Waals surface area contributed by atoms with E-state index in [2.05, 4.69) is 10.00 Å². The highest BCUT2D eigenvalue weighted by Crippen LogP contribution is 2.40. The van der Waals surface area contributed by atoms with E-state index in [1.54, 1.807) is 12.3 Å². The highest BCUT2D eigenvalue weighted by atomic mass is 16.6. The van der Waals surface area contributed by atoms with Gasteiger partial charge in [0.1, 0.15) is 6.04 Å². The lowest BCUT2D eigenvalue weighted by molar-refractivity contribution is -0.384. The number of ether oxygens (including phenoxy) is 1. The number of rotatable bonds is 4. The third-order valence-electron chi connectivity index (χ3n) is 5.83. The van der Waals surface area contributed by atoms with E-state index in [0.717, 1.165) is 30.2 Å². The molecule has 138 valence electrons. The molecule has 0 amide bonds. The summed E-state index contributed by atoms with van der Waals surface area (Å²) in [7, 11) is 1.44. The first-order valence-electron chi connectivity index (χ1n) is 9.02. The van der Waals surface area contributed by atoms with Crippen LogP contribution in [0.15, 0.2) is 24.4 Å². The lowest BCUT2D eigenvalue weighted by Crippen LogP contribution is -2.43. The fraction of sp³-hybridized carbons (Fsp3) is 0.556. The van der Waals surface area contributed by atoms with Crippen molar-refractivity contribution < 1.29 is 14.5 Å². The van der Waals surface area contributed by atoms with Crippen LogP contribution in [-0.2, 0) is 16.2 Å². The molecule has 26 heavy (non-hydrogen) atoms. The summed E-state index contributed by atoms with van der Waals surface area (Å²) in [6, 6.07) is 4.87. The van der Waals surface area contributed by atoms with Crippen LogP contribution in [0.2, 0.25) is 0 Å². The molecule has 0 bridgehead atoms. The van der Waals surface area contributed by atoms with Crippen molar-refractivity contribution in [3.63, 3.8) is 0 Å². The van der Waals surface area contributed by atoms with Crippen molar-refractivity contribution in [2.75, 3.05) is 7.11 Å². The highest BCUT2D eigenvalue weighted by molar-refractivity contribution is 5.81. The largest absolute Gasteiger partial charge is 0.468 e. The molecule has 0 radical (unpaired) electrons. The number of aromatic nitrogens is 2. The van der Waals surface area contributed by atoms with Gasteiger partial charge in [-0.1, -0.05) is 12.8 Å². The molecule has 2 heterocycles. The van der Waals surface area contributed by atoms with Gasteiger partial charge in [-0.25, -0.2) is 0 Å². The normalized spacial score (nSPS) is 26.0. The Hall–Kier alpha value is -2.48. The topological polar surface area (TPSA) is 90.5 Å². The Morgan fingerprint density at radius 2 is 2.19 bits per heavy atom. The maximum atomic E-state index is 12.3. The van der Waals surface area contributed by atoms with Gasteiger partial charge in [-0.05, 0) is 31.2 Å². The van der Waals surface area contributed by atoms with Crippen molar-refractivity contribution in [1.29, 1.82) is 0 Å². The number of nitrogens with zero attached hydrogens (tertiary/aromatic N) is 4. The molecule has 8 heteroatoms. The first-order chi connectivity index (χ1) is 12.6. The molecule has 4 rings (SSSR count). The van der Waals surface area contributed by atoms with Crippen LogP contribution in [0, 0.1) is 16.0 Å². The van der Waals surface area contributed by atoms with Crippen molar-refractivity contribution in [1.82, 2.24) is 14.7 Å². The molecule has 0 spiro atoms. The lowest BCUT2D eigenvalue weighted by atomic mass is 9.85. The molecule has 0 N–H and O–H groups in total. The van der Waals surface area contributed by atoms with Gasteiger partial charge in [0.25, 0.3) is 5.69 Å². The average Bonchev–Trinajstić information content (AvgIpc) is 3.23. The third-order valence-corrected chi connectivity index (χ3v) is 5.83. The Morgan fingerprint density at radius 3 is 2.96 bits per heavy atom. The van der Waals surface area contributed by atoms with Crippen LogP contribution in [0.1, 0.15) is 32.1 Å². The van der Waals surface area contributed by atoms with Crippen molar-refractivity contribution in [3.05, 3.63) is 34.5 Å². The van der Waals surface area contributed by atoms with Crippen molar-refractivity contribution in [3.8, 4) is 0 Å². The van der Waals surface area contributed by atoms with Gasteiger partial charge >= 0.3 is 5.97 Å². The predicted octanol–water partition coefficient (Wildman–Crippen LogP) is 2.71. The first kappa shape index (κ1) is 17.0. The molecule has 1 aromatic heterocycles. The number of methoxy groups -OCH3 is 1. The summed E-state index contributed by atoms with van der Waals surface area (Å²) in [5, 5.41) is 16.1. The second kappa shape index (κ2) is 6.68. The second-order valence-electron chi connectivity index (χ2n) is 7.19. The summed E-state index contributed by atoms with van der Waals surface area (Å²) in [5.41, 5.74) is 0.886. The van der Waals surface area contributed by atoms with Gasteiger partial charge in [-0.3, -0.25) is 24.5 Å². The van der Waals surface area contributed by atoms with Gasteiger partial charge in [0.2, 0.25) is 0 Å². The maximum Gasteiger partial charge on any atom is 0.323 e. The zero-order chi connectivity index (χ0) is 18.3. The first-order valence-corrected chi connectivity index (χ1v) is 9.02. The molecule has 1 aliphatic carbocycles. The molecule has 2 aliphatic rings. The number of carbonyl (C=O) groups excluding carboxylic acids is 1. The van der Waals surface area contributed by atoms with E-state index in [9.17, 15) is 14.9 Å². The molecule has 2 aromatic rings. The minimum absolute atomic E-state index is 0.0537. The van der Waals surface area contributed by atoms with Crippen LogP contribution in [0.3, 0.4) is 0 Å². The zero-order valence-corrected chi connectivity index (χ0v) is 14.7. The summed E-state index contributed by atoms with van der Waals surface area (Å²) in [6.45, 7) is 0.488. The Bertz CT molecular complexity index is 849. The molecule has 1 aromatic carbocycles. The van der Waals surface area contributed by atoms with E-state index in [4.69, 9.17) is 4.74 Å². The van der Waals surface area contributed by atoms with Crippen LogP contribution in [0.5, 0.6) is 0 Å². The van der Waals surface area contributed by atoms with Gasteiger partial charge in [-0.15, -0.1) is 0 Å². The van der Waals surface area contributed by atoms with E-state index < -0.39 is 4.92 Å². The lowest BCUT2D eigenvalue weighted by Gasteiger charge is -2.33. The van der Waals surface area contributed by atoms with Crippen LogP contribution in [0.4, 0.5) is 5.69 Å². The summed E-state index contributed by atoms with van der Waals surface area (Å²) in [6.07, 6.45) is 7.12. The van der Waals surface area contributed by atoms with E-state index in [1.165, 1.54) is 32.1 Å². The Morgan fingerprint density at radius 1 is 1.38 bits per heavy atom. The van der Waals surface area contributed by atoms with Gasteiger partial charge in [-0.2, -0.15) is 5.10 Å². The number of nitro benzene ring substituents is 1. The van der Waals surface area contributed by atoms with Crippen LogP contribution in [0.25, 0.3) is 10.9 Å². The van der Waals surface area contributed by atoms with Crippen LogP contribution >= 0.6 is 0 Å². The summed E-state index contributed by atoms with van der Waals surface area (Å²) in [5.74, 6) is 0.335. The fourth-order valence-electron chi connectivity index (χ4n) is 4.58. The number of fused-ring (bicyclic) bond motifs is 2. The van der Waals surface area contributed by atoms with Crippen molar-refractivity contribution in [2.45, 2.75) is 50.9 Å². The number of hydrogen-bond donors (Lipinski definition) is 0. The summed E-state index contributed by atoms with van der Waals surface area (Å²) >= 11 is 0. The fourth-order valence-corrected chi connectivity index (χ4v) is 4.58. The molecule has 8 nitrogen and oxygen atoms in total. The number of esters is 1. The third kappa shape index (κ3) is 2.84. The minimum atomic E-state index is -0.406. The Balaban J connectivity index is 1.64. The number of benzene rings is 1. The zero-order valence-electron chi connectivity index (χ0n) is 14.7. The quantitative estimate of drug-likeness (QED) is 0.474. The average molecular weight is 358 g/mol. The van der Waals surface area contributed by atoms with E-state index in [-0.39, 0.29) is 17.7 Å². The molecular formula is C18H22N4O4. The molecule has 1 saturated heterocycles. The Kier molecular flexibility index (Phi) is 4.36. The molecule has 3 unspecified atom stereocenters. The van der Waals surface area contributed by atoms with E-state index >= 15 is 0 Å². The minimum Gasteiger partial charge on any atom is -0.468 e. The summed E-state index contributed by atoms with van der Waals surface area (Å²) in [4.78, 5) is 25.1. The number of carbonyl (C=O) groups is 1. The second-order valence-corrected chi connectivity index (χ2v) is 7.19. The molecule has 1 aliphatic heterocycles. The van der Waals surface area contributed by atoms with Crippen molar-refractivity contribution in [2.24, 2.45) is 5.92 Å². The molecule has 2 fully saturated rings. The van der Waals surface area contributed by atoms with Gasteiger partial charge in [0, 0.05) is 23.6 Å². The smallest absolute Gasteiger partial charge is 0.323 e. The summed E-state index contributed by atoms with van der Waals surface area (Å²) < 4.78 is 6.86. The number of likely N-dealkylation sites (tertiary alicyclic amines) is 1. The van der Waals surface area contributed by atoms with Crippen LogP contribution < -0.4 is 0 Å². The Labute approximate surface area is 150 Å². The van der Waals surface area contributed by atoms with E-state index in [1.807, 2.05) is 4.68 Å². The maximum absolute atomic E-state index is 12.3. The molecular weight excluding hydrogens is 336 g/mol. The number of nitro groups is 1. The number of non-ortho nitro benzene ring substituents is 1. The van der Waals surface area contributed by atoms with E-state index in [0.29, 0.717) is 18.6 Å². The number of hydrogen-bond acceptors (Lipinski definition) is 6. The van der Waals surface area contributed by atoms with Gasteiger partial charge in [0.15, 0.2) is 0 Å². The monoisotopic (exact) mass is 358 g/mol. The molecule has 1 saturated carbocycles. The van der Waals surface area contributed by atoms with Crippen LogP contribution in [-0.4, -0.2) is 44.8 Å². The van der Waals surface area contributed by atoms with Crippen molar-refractivity contribution >= 4 is 22.6 Å². The van der Waals surface area contributed by atoms with Gasteiger partial charge in [0.05, 0.1) is 30.4 Å². The SMILES string of the molecule is COC(=O)C1CC2CCCCC2N1Cn1ncc2cc([N+](=O)[O-])ccc21. The highest BCUT2D eigenvalue weighted by Gasteiger charge is 2.45. The standard InChI is InChI=1S/C18H22N4O4/c1-26-18(23)17-9-12-4-2-3-5-15(12)20(17)11-21-16-7-6-14(22(24)25)8-13(16)10-19-21/h6-8,10,12,15,17H,2-5,9,11H2,1H3. The van der Waals surface area contributed by atoms with Gasteiger partial charge < -0.3 is 4.74 Å². The molecule has 3 atom stereocenters.